The van der Waals surface area contributed by atoms with E-state index < -0.39 is 5.60 Å². The van der Waals surface area contributed by atoms with Gasteiger partial charge in [0, 0.05) is 12.0 Å². The van der Waals surface area contributed by atoms with Crippen LogP contribution in [0.5, 0.6) is 5.75 Å². The van der Waals surface area contributed by atoms with Gasteiger partial charge in [-0.2, -0.15) is 0 Å². The summed E-state index contributed by atoms with van der Waals surface area (Å²) in [6, 6.07) is 25.9. The Morgan fingerprint density at radius 2 is 1.41 bits per heavy atom. The zero-order valence-electron chi connectivity index (χ0n) is 18.8. The highest BCUT2D eigenvalue weighted by Gasteiger charge is 2.30. The Bertz CT molecular complexity index is 1040. The molecule has 0 N–H and O–H groups in total. The summed E-state index contributed by atoms with van der Waals surface area (Å²) < 4.78 is 21.2. The highest BCUT2D eigenvalue weighted by Crippen LogP contribution is 2.34. The molecule has 164 valence electrons. The smallest absolute Gasteiger partial charge is 0.170 e. The van der Waals surface area contributed by atoms with Gasteiger partial charge in [0.2, 0.25) is 0 Å². The normalized spacial score (nSPS) is 14.6. The van der Waals surface area contributed by atoms with Crippen LogP contribution in [0.1, 0.15) is 46.0 Å². The first-order valence-electron chi connectivity index (χ1n) is 11.4. The lowest BCUT2D eigenvalue weighted by Gasteiger charge is -2.22. The lowest BCUT2D eigenvalue weighted by atomic mass is 9.89. The fourth-order valence-electron chi connectivity index (χ4n) is 4.04. The fraction of sp³-hybridized carbons (Fsp3) is 0.310. The molecule has 1 aliphatic rings. The third kappa shape index (κ3) is 5.75. The average molecular weight is 446 g/mol. The molecule has 0 heterocycles. The summed E-state index contributed by atoms with van der Waals surface area (Å²) in [5, 5.41) is 0. The molecular weight excluding hydrogens is 415 g/mol. The fourth-order valence-corrected chi connectivity index (χ4v) is 6.14. The molecule has 0 saturated heterocycles. The van der Waals surface area contributed by atoms with Gasteiger partial charge >= 0.3 is 0 Å². The Balaban J connectivity index is 1.58. The predicted octanol–water partition coefficient (Wildman–Crippen LogP) is 7.66. The topological polar surface area (TPSA) is 9.23 Å². The summed E-state index contributed by atoms with van der Waals surface area (Å²) in [5.41, 5.74) is -0.736. The monoisotopic (exact) mass is 445 g/mol. The molecule has 0 amide bonds. The van der Waals surface area contributed by atoms with Gasteiger partial charge in [-0.1, -0.05) is 67.5 Å². The molecule has 1 nitrogen and oxygen atoms in total. The van der Waals surface area contributed by atoms with Gasteiger partial charge in [0.15, 0.2) is 31.9 Å². The predicted molar refractivity (Wildman–Crippen MR) is 131 cm³/mol. The molecule has 0 bridgehead atoms. The van der Waals surface area contributed by atoms with Crippen molar-refractivity contribution in [3.8, 4) is 17.6 Å². The SMILES string of the molecule is CC(C)(C#CC1CCCCC1)Oc1ccc([S+](c2ccccc2)c2ccccc2)cc1F. The van der Waals surface area contributed by atoms with Gasteiger partial charge in [-0.25, -0.2) is 4.39 Å². The van der Waals surface area contributed by atoms with Crippen LogP contribution in [0, 0.1) is 23.6 Å². The third-order valence-corrected chi connectivity index (χ3v) is 7.86. The third-order valence-electron chi connectivity index (χ3n) is 5.64. The molecule has 4 rings (SSSR count). The van der Waals surface area contributed by atoms with Crippen molar-refractivity contribution in [3.05, 3.63) is 84.7 Å². The van der Waals surface area contributed by atoms with Crippen molar-refractivity contribution in [2.45, 2.75) is 66.2 Å². The zero-order valence-corrected chi connectivity index (χ0v) is 19.6. The zero-order chi connectivity index (χ0) is 22.4. The molecule has 0 atom stereocenters. The van der Waals surface area contributed by atoms with E-state index in [9.17, 15) is 0 Å². The van der Waals surface area contributed by atoms with E-state index in [0.29, 0.717) is 5.92 Å². The van der Waals surface area contributed by atoms with E-state index in [2.05, 4.69) is 36.1 Å². The Morgan fingerprint density at radius 1 is 0.812 bits per heavy atom. The van der Waals surface area contributed by atoms with Crippen molar-refractivity contribution in [2.75, 3.05) is 0 Å². The highest BCUT2D eigenvalue weighted by atomic mass is 32.2. The Hall–Kier alpha value is -2.70. The summed E-state index contributed by atoms with van der Waals surface area (Å²) >= 11 is 0. The van der Waals surface area contributed by atoms with E-state index in [-0.39, 0.29) is 22.5 Å². The van der Waals surface area contributed by atoms with Crippen molar-refractivity contribution in [3.63, 3.8) is 0 Å². The molecule has 3 heteroatoms. The molecule has 0 unspecified atom stereocenters. The number of hydrogen-bond donors (Lipinski definition) is 0. The molecule has 1 aliphatic carbocycles. The minimum Gasteiger partial charge on any atom is -0.472 e. The second kappa shape index (κ2) is 10.3. The van der Waals surface area contributed by atoms with Crippen LogP contribution < -0.4 is 4.74 Å². The van der Waals surface area contributed by atoms with E-state index in [1.165, 1.54) is 19.3 Å². The molecular formula is C29H30FOS+. The van der Waals surface area contributed by atoms with E-state index in [4.69, 9.17) is 4.74 Å². The van der Waals surface area contributed by atoms with Crippen molar-refractivity contribution in [1.82, 2.24) is 0 Å². The summed E-state index contributed by atoms with van der Waals surface area (Å²) in [6.45, 7) is 3.82. The van der Waals surface area contributed by atoms with Crippen LogP contribution in [0.15, 0.2) is 93.5 Å². The van der Waals surface area contributed by atoms with Gasteiger partial charge in [-0.15, -0.1) is 0 Å². The number of ether oxygens (including phenoxy) is 1. The van der Waals surface area contributed by atoms with Gasteiger partial charge in [-0.3, -0.25) is 0 Å². The van der Waals surface area contributed by atoms with Crippen molar-refractivity contribution < 1.29 is 9.13 Å². The largest absolute Gasteiger partial charge is 0.472 e. The van der Waals surface area contributed by atoms with Gasteiger partial charge in [0.1, 0.15) is 0 Å². The van der Waals surface area contributed by atoms with Gasteiger partial charge in [0.25, 0.3) is 0 Å². The molecule has 0 aliphatic heterocycles. The molecule has 0 radical (unpaired) electrons. The van der Waals surface area contributed by atoms with Crippen LogP contribution in [0.2, 0.25) is 0 Å². The molecule has 1 fully saturated rings. The maximum absolute atomic E-state index is 15.2. The molecule has 0 aromatic heterocycles. The van der Waals surface area contributed by atoms with Gasteiger partial charge in [0.05, 0.1) is 10.9 Å². The summed E-state index contributed by atoms with van der Waals surface area (Å²) in [7, 11) is -0.387. The lowest BCUT2D eigenvalue weighted by molar-refractivity contribution is 0.164. The first kappa shape index (κ1) is 22.5. The van der Waals surface area contributed by atoms with E-state index in [1.54, 1.807) is 12.1 Å². The van der Waals surface area contributed by atoms with E-state index >= 15 is 4.39 Å². The van der Waals surface area contributed by atoms with Gasteiger partial charge in [-0.05, 0) is 63.1 Å². The number of hydrogen-bond acceptors (Lipinski definition) is 1. The lowest BCUT2D eigenvalue weighted by Crippen LogP contribution is -2.27. The van der Waals surface area contributed by atoms with Crippen LogP contribution in [-0.2, 0) is 10.9 Å². The first-order valence-corrected chi connectivity index (χ1v) is 12.6. The number of rotatable bonds is 5. The molecule has 0 spiro atoms. The molecule has 3 aromatic rings. The van der Waals surface area contributed by atoms with Crippen LogP contribution >= 0.6 is 0 Å². The van der Waals surface area contributed by atoms with Crippen LogP contribution in [0.3, 0.4) is 0 Å². The summed E-state index contributed by atoms with van der Waals surface area (Å²) in [5.74, 6) is 6.98. The van der Waals surface area contributed by atoms with Crippen molar-refractivity contribution in [1.29, 1.82) is 0 Å². The second-order valence-electron chi connectivity index (χ2n) is 8.74. The van der Waals surface area contributed by atoms with E-state index in [1.807, 2.05) is 56.3 Å². The van der Waals surface area contributed by atoms with Crippen LogP contribution in [0.25, 0.3) is 0 Å². The molecule has 1 saturated carbocycles. The van der Waals surface area contributed by atoms with E-state index in [0.717, 1.165) is 27.5 Å². The molecule has 32 heavy (non-hydrogen) atoms. The minimum absolute atomic E-state index is 0.251. The minimum atomic E-state index is -0.736. The highest BCUT2D eigenvalue weighted by molar-refractivity contribution is 7.97. The maximum Gasteiger partial charge on any atom is 0.170 e. The van der Waals surface area contributed by atoms with Crippen molar-refractivity contribution >= 4 is 10.9 Å². The maximum atomic E-state index is 15.2. The Kier molecular flexibility index (Phi) is 7.22. The summed E-state index contributed by atoms with van der Waals surface area (Å²) in [6.07, 6.45) is 6.13. The van der Waals surface area contributed by atoms with Gasteiger partial charge < -0.3 is 4.74 Å². The summed E-state index contributed by atoms with van der Waals surface area (Å²) in [4.78, 5) is 3.24. The average Bonchev–Trinajstić information content (AvgIpc) is 2.82. The second-order valence-corrected chi connectivity index (χ2v) is 10.8. The number of halogens is 1. The van der Waals surface area contributed by atoms with Crippen molar-refractivity contribution in [2.24, 2.45) is 5.92 Å². The first-order chi connectivity index (χ1) is 15.5. The van der Waals surface area contributed by atoms with Crippen LogP contribution in [0.4, 0.5) is 4.39 Å². The quantitative estimate of drug-likeness (QED) is 0.289. The van der Waals surface area contributed by atoms with Crippen LogP contribution in [-0.4, -0.2) is 5.60 Å². The standard InChI is InChI=1S/C29H30FOS/c1-29(2,21-20-23-12-6-3-7-13-23)31-28-19-18-26(22-27(28)30)32(24-14-8-4-9-15-24)25-16-10-5-11-17-25/h4-5,8-11,14-19,22-23H,3,6-7,12-13H2,1-2H3/q+1. The Labute approximate surface area is 194 Å². The number of benzene rings is 3. The molecule has 3 aromatic carbocycles. The Morgan fingerprint density at radius 3 is 1.97 bits per heavy atom.